The highest BCUT2D eigenvalue weighted by molar-refractivity contribution is 6.00. The highest BCUT2D eigenvalue weighted by atomic mass is 16.4. The molecular weight excluding hydrogens is 302 g/mol. The van der Waals surface area contributed by atoms with E-state index in [9.17, 15) is 4.79 Å². The number of rotatable bonds is 4. The lowest BCUT2D eigenvalue weighted by molar-refractivity contribution is 0.262. The minimum Gasteiger partial charge on any atom is -0.441 e. The molecule has 24 heavy (non-hydrogen) atoms. The highest BCUT2D eigenvalue weighted by Crippen LogP contribution is 2.22. The molecule has 0 saturated heterocycles. The standard InChI is InChI=1S/C19H19N3O2/c1-3-14-6-4-8-16(10-14)21-19(23)22-17-9-5-7-15(11-17)18-20-12-13(2)24-18/h4-12H,3H2,1-2H3,(H2,21,22,23). The summed E-state index contributed by atoms with van der Waals surface area (Å²) in [7, 11) is 0. The Morgan fingerprint density at radius 1 is 1.08 bits per heavy atom. The van der Waals surface area contributed by atoms with E-state index in [1.807, 2.05) is 55.5 Å². The molecule has 0 unspecified atom stereocenters. The average Bonchev–Trinajstić information content (AvgIpc) is 3.02. The van der Waals surface area contributed by atoms with Crippen LogP contribution in [0.5, 0.6) is 0 Å². The van der Waals surface area contributed by atoms with E-state index < -0.39 is 0 Å². The summed E-state index contributed by atoms with van der Waals surface area (Å²) in [4.78, 5) is 16.4. The zero-order chi connectivity index (χ0) is 16.9. The SMILES string of the molecule is CCc1cccc(NC(=O)Nc2cccc(-c3ncc(C)o3)c2)c1. The van der Waals surface area contributed by atoms with Crippen molar-refractivity contribution in [1.82, 2.24) is 4.98 Å². The number of carbonyl (C=O) groups excluding carboxylic acids is 1. The molecule has 2 aromatic carbocycles. The van der Waals surface area contributed by atoms with Crippen molar-refractivity contribution >= 4 is 17.4 Å². The van der Waals surface area contributed by atoms with Crippen LogP contribution in [0.3, 0.4) is 0 Å². The summed E-state index contributed by atoms with van der Waals surface area (Å²) in [6.07, 6.45) is 2.59. The van der Waals surface area contributed by atoms with Crippen LogP contribution in [-0.2, 0) is 6.42 Å². The molecule has 5 nitrogen and oxygen atoms in total. The predicted molar refractivity (Wildman–Crippen MR) is 95.1 cm³/mol. The molecule has 3 rings (SSSR count). The van der Waals surface area contributed by atoms with Crippen LogP contribution in [0.15, 0.2) is 59.1 Å². The maximum Gasteiger partial charge on any atom is 0.323 e. The molecule has 0 spiro atoms. The van der Waals surface area contributed by atoms with Crippen LogP contribution < -0.4 is 10.6 Å². The fourth-order valence-corrected chi connectivity index (χ4v) is 2.38. The van der Waals surface area contributed by atoms with E-state index in [2.05, 4.69) is 22.5 Å². The maximum absolute atomic E-state index is 12.2. The number of aromatic nitrogens is 1. The Morgan fingerprint density at radius 2 is 1.79 bits per heavy atom. The van der Waals surface area contributed by atoms with Gasteiger partial charge in [0.1, 0.15) is 5.76 Å². The number of oxazole rings is 1. The Labute approximate surface area is 140 Å². The quantitative estimate of drug-likeness (QED) is 0.721. The van der Waals surface area contributed by atoms with Crippen LogP contribution in [0.25, 0.3) is 11.5 Å². The van der Waals surface area contributed by atoms with Gasteiger partial charge in [-0.15, -0.1) is 0 Å². The normalized spacial score (nSPS) is 10.4. The molecule has 0 atom stereocenters. The van der Waals surface area contributed by atoms with Gasteiger partial charge in [-0.3, -0.25) is 0 Å². The molecule has 0 aliphatic heterocycles. The van der Waals surface area contributed by atoms with Gasteiger partial charge in [0, 0.05) is 16.9 Å². The van der Waals surface area contributed by atoms with E-state index >= 15 is 0 Å². The summed E-state index contributed by atoms with van der Waals surface area (Å²) < 4.78 is 5.51. The number of nitrogens with one attached hydrogen (secondary N) is 2. The first kappa shape index (κ1) is 15.8. The maximum atomic E-state index is 12.2. The summed E-state index contributed by atoms with van der Waals surface area (Å²) >= 11 is 0. The molecule has 0 radical (unpaired) electrons. The first-order chi connectivity index (χ1) is 11.6. The molecule has 5 heteroatoms. The van der Waals surface area contributed by atoms with Crippen molar-refractivity contribution in [2.45, 2.75) is 20.3 Å². The molecule has 1 heterocycles. The Morgan fingerprint density at radius 3 is 2.46 bits per heavy atom. The van der Waals surface area contributed by atoms with Crippen molar-refractivity contribution in [1.29, 1.82) is 0 Å². The number of anilines is 2. The number of urea groups is 1. The summed E-state index contributed by atoms with van der Waals surface area (Å²) in [5.74, 6) is 1.28. The molecule has 1 aromatic heterocycles. The van der Waals surface area contributed by atoms with Gasteiger partial charge in [-0.2, -0.15) is 0 Å². The molecule has 122 valence electrons. The van der Waals surface area contributed by atoms with Crippen LogP contribution in [0.1, 0.15) is 18.2 Å². The molecule has 2 N–H and O–H groups in total. The molecule has 0 aliphatic carbocycles. The third-order valence-corrected chi connectivity index (χ3v) is 3.58. The summed E-state index contributed by atoms with van der Waals surface area (Å²) in [5.41, 5.74) is 3.43. The minimum absolute atomic E-state index is 0.288. The van der Waals surface area contributed by atoms with E-state index in [4.69, 9.17) is 4.42 Å². The van der Waals surface area contributed by atoms with Crippen molar-refractivity contribution in [2.75, 3.05) is 10.6 Å². The van der Waals surface area contributed by atoms with E-state index in [1.165, 1.54) is 5.56 Å². The van der Waals surface area contributed by atoms with Gasteiger partial charge in [-0.05, 0) is 49.2 Å². The topological polar surface area (TPSA) is 67.2 Å². The second-order valence-corrected chi connectivity index (χ2v) is 5.49. The molecule has 2 amide bonds. The number of carbonyl (C=O) groups is 1. The number of hydrogen-bond donors (Lipinski definition) is 2. The van der Waals surface area contributed by atoms with E-state index in [0.717, 1.165) is 23.4 Å². The van der Waals surface area contributed by atoms with Gasteiger partial charge in [0.05, 0.1) is 6.20 Å². The Hall–Kier alpha value is -3.08. The lowest BCUT2D eigenvalue weighted by Crippen LogP contribution is -2.19. The van der Waals surface area contributed by atoms with Gasteiger partial charge in [-0.25, -0.2) is 9.78 Å². The average molecular weight is 321 g/mol. The van der Waals surface area contributed by atoms with Crippen molar-refractivity contribution in [2.24, 2.45) is 0 Å². The third-order valence-electron chi connectivity index (χ3n) is 3.58. The summed E-state index contributed by atoms with van der Waals surface area (Å²) in [6.45, 7) is 3.92. The van der Waals surface area contributed by atoms with Crippen LogP contribution >= 0.6 is 0 Å². The molecule has 0 aliphatic rings. The Balaban J connectivity index is 1.70. The smallest absolute Gasteiger partial charge is 0.323 e. The first-order valence-electron chi connectivity index (χ1n) is 7.84. The predicted octanol–water partition coefficient (Wildman–Crippen LogP) is 4.86. The van der Waals surface area contributed by atoms with Gasteiger partial charge in [0.25, 0.3) is 0 Å². The lowest BCUT2D eigenvalue weighted by Gasteiger charge is -2.09. The van der Waals surface area contributed by atoms with Crippen molar-refractivity contribution < 1.29 is 9.21 Å². The number of aryl methyl sites for hydroxylation is 2. The van der Waals surface area contributed by atoms with Gasteiger partial charge in [0.15, 0.2) is 0 Å². The largest absolute Gasteiger partial charge is 0.441 e. The number of amides is 2. The van der Waals surface area contributed by atoms with Gasteiger partial charge >= 0.3 is 6.03 Å². The van der Waals surface area contributed by atoms with Crippen molar-refractivity contribution in [3.63, 3.8) is 0 Å². The third kappa shape index (κ3) is 3.81. The highest BCUT2D eigenvalue weighted by Gasteiger charge is 2.07. The van der Waals surface area contributed by atoms with Gasteiger partial charge < -0.3 is 15.1 Å². The molecular formula is C19H19N3O2. The molecule has 0 saturated carbocycles. The molecule has 0 bridgehead atoms. The first-order valence-corrected chi connectivity index (χ1v) is 7.84. The van der Waals surface area contributed by atoms with Crippen molar-refractivity contribution in [3.05, 3.63) is 66.1 Å². The minimum atomic E-state index is -0.288. The Bertz CT molecular complexity index is 855. The second kappa shape index (κ2) is 7.00. The monoisotopic (exact) mass is 321 g/mol. The Kier molecular flexibility index (Phi) is 4.61. The number of nitrogens with zero attached hydrogens (tertiary/aromatic N) is 1. The van der Waals surface area contributed by atoms with Gasteiger partial charge in [0.2, 0.25) is 5.89 Å². The fraction of sp³-hybridized carbons (Fsp3) is 0.158. The van der Waals surface area contributed by atoms with Crippen LogP contribution in [0.4, 0.5) is 16.2 Å². The fourth-order valence-electron chi connectivity index (χ4n) is 2.38. The van der Waals surface area contributed by atoms with Crippen LogP contribution in [-0.4, -0.2) is 11.0 Å². The van der Waals surface area contributed by atoms with Crippen LogP contribution in [0.2, 0.25) is 0 Å². The zero-order valence-corrected chi connectivity index (χ0v) is 13.7. The lowest BCUT2D eigenvalue weighted by atomic mass is 10.1. The van der Waals surface area contributed by atoms with E-state index in [-0.39, 0.29) is 6.03 Å². The molecule has 0 fully saturated rings. The van der Waals surface area contributed by atoms with E-state index in [0.29, 0.717) is 11.6 Å². The summed E-state index contributed by atoms with van der Waals surface area (Å²) in [5, 5.41) is 5.66. The zero-order valence-electron chi connectivity index (χ0n) is 13.7. The second-order valence-electron chi connectivity index (χ2n) is 5.49. The molecule has 3 aromatic rings. The van der Waals surface area contributed by atoms with Gasteiger partial charge in [-0.1, -0.05) is 25.1 Å². The van der Waals surface area contributed by atoms with E-state index in [1.54, 1.807) is 6.20 Å². The van der Waals surface area contributed by atoms with Crippen molar-refractivity contribution in [3.8, 4) is 11.5 Å². The number of benzene rings is 2. The van der Waals surface area contributed by atoms with Crippen LogP contribution in [0, 0.1) is 6.92 Å². The number of hydrogen-bond acceptors (Lipinski definition) is 3. The summed E-state index contributed by atoms with van der Waals surface area (Å²) in [6, 6.07) is 14.9.